The molecule has 0 radical (unpaired) electrons. The molecule has 0 spiro atoms. The summed E-state index contributed by atoms with van der Waals surface area (Å²) in [5.74, 6) is -0.318. The fourth-order valence-corrected chi connectivity index (χ4v) is 2.41. The molecule has 1 heterocycles. The van der Waals surface area contributed by atoms with Crippen LogP contribution in [0, 0.1) is 0 Å². The van der Waals surface area contributed by atoms with Gasteiger partial charge < -0.3 is 5.11 Å². The molecule has 0 saturated heterocycles. The van der Waals surface area contributed by atoms with E-state index in [9.17, 15) is 14.7 Å². The fourth-order valence-electron chi connectivity index (χ4n) is 2.41. The summed E-state index contributed by atoms with van der Waals surface area (Å²) in [6.07, 6.45) is 0. The third-order valence-corrected chi connectivity index (χ3v) is 3.46. The topological polar surface area (TPSA) is 64.2 Å². The first-order valence-electron chi connectivity index (χ1n) is 6.86. The molecule has 0 bridgehead atoms. The third-order valence-electron chi connectivity index (χ3n) is 3.46. The highest BCUT2D eigenvalue weighted by atomic mass is 16.3. The number of aromatic hydroxyl groups is 1. The van der Waals surface area contributed by atoms with Gasteiger partial charge in [-0.1, -0.05) is 30.3 Å². The van der Waals surface area contributed by atoms with Crippen molar-refractivity contribution >= 4 is 0 Å². The van der Waals surface area contributed by atoms with Crippen molar-refractivity contribution in [2.45, 2.75) is 39.3 Å². The van der Waals surface area contributed by atoms with E-state index in [4.69, 9.17) is 0 Å². The molecule has 0 amide bonds. The molecule has 0 saturated carbocycles. The lowest BCUT2D eigenvalue weighted by molar-refractivity contribution is 0.322. The zero-order valence-electron chi connectivity index (χ0n) is 12.7. The summed E-state index contributed by atoms with van der Waals surface area (Å²) >= 11 is 0. The van der Waals surface area contributed by atoms with Gasteiger partial charge in [0.15, 0.2) is 0 Å². The lowest BCUT2D eigenvalue weighted by Gasteiger charge is -2.25. The highest BCUT2D eigenvalue weighted by molar-refractivity contribution is 5.22. The number of hydrogen-bond donors (Lipinski definition) is 1. The van der Waals surface area contributed by atoms with Gasteiger partial charge in [0.05, 0.1) is 12.1 Å². The Labute approximate surface area is 123 Å². The molecule has 1 N–H and O–H groups in total. The summed E-state index contributed by atoms with van der Waals surface area (Å²) in [6, 6.07) is 10.1. The van der Waals surface area contributed by atoms with Crippen LogP contribution in [0.3, 0.4) is 0 Å². The number of benzene rings is 1. The van der Waals surface area contributed by atoms with Crippen LogP contribution in [0.15, 0.2) is 46.0 Å². The molecule has 1 aromatic heterocycles. The summed E-state index contributed by atoms with van der Waals surface area (Å²) in [4.78, 5) is 24.6. The van der Waals surface area contributed by atoms with Gasteiger partial charge >= 0.3 is 5.69 Å². The van der Waals surface area contributed by atoms with Gasteiger partial charge in [-0.25, -0.2) is 4.79 Å². The molecule has 5 nitrogen and oxygen atoms in total. The van der Waals surface area contributed by atoms with E-state index in [1.54, 1.807) is 20.8 Å². The first kappa shape index (κ1) is 15.1. The maximum Gasteiger partial charge on any atom is 0.334 e. The Hall–Kier alpha value is -2.30. The lowest BCUT2D eigenvalue weighted by Crippen LogP contribution is -2.47. The van der Waals surface area contributed by atoms with Gasteiger partial charge in [0, 0.05) is 5.54 Å². The molecule has 1 unspecified atom stereocenters. The van der Waals surface area contributed by atoms with Gasteiger partial charge in [0.25, 0.3) is 5.56 Å². The first-order valence-corrected chi connectivity index (χ1v) is 6.86. The summed E-state index contributed by atoms with van der Waals surface area (Å²) < 4.78 is 2.40. The fraction of sp³-hybridized carbons (Fsp3) is 0.375. The minimum atomic E-state index is -0.653. The number of rotatable bonds is 2. The van der Waals surface area contributed by atoms with E-state index in [0.717, 1.165) is 16.2 Å². The molecule has 1 aromatic carbocycles. The van der Waals surface area contributed by atoms with Crippen LogP contribution < -0.4 is 11.2 Å². The Morgan fingerprint density at radius 3 is 2.19 bits per heavy atom. The van der Waals surface area contributed by atoms with Crippen molar-refractivity contribution in [3.63, 3.8) is 0 Å². The van der Waals surface area contributed by atoms with E-state index in [1.807, 2.05) is 37.3 Å². The van der Waals surface area contributed by atoms with Gasteiger partial charge in [-0.05, 0) is 33.3 Å². The van der Waals surface area contributed by atoms with Crippen LogP contribution in [0.1, 0.15) is 39.3 Å². The number of nitrogens with zero attached hydrogens (tertiary/aromatic N) is 2. The van der Waals surface area contributed by atoms with Crippen molar-refractivity contribution in [3.8, 4) is 5.88 Å². The van der Waals surface area contributed by atoms with Crippen molar-refractivity contribution < 1.29 is 5.11 Å². The van der Waals surface area contributed by atoms with E-state index in [1.165, 1.54) is 4.57 Å². The highest BCUT2D eigenvalue weighted by Gasteiger charge is 2.23. The Morgan fingerprint density at radius 2 is 1.67 bits per heavy atom. The van der Waals surface area contributed by atoms with E-state index < -0.39 is 16.8 Å². The lowest BCUT2D eigenvalue weighted by atomic mass is 10.1. The van der Waals surface area contributed by atoms with Crippen LogP contribution in [0.2, 0.25) is 0 Å². The van der Waals surface area contributed by atoms with Crippen LogP contribution in [0.25, 0.3) is 0 Å². The van der Waals surface area contributed by atoms with Gasteiger partial charge in [-0.15, -0.1) is 0 Å². The van der Waals surface area contributed by atoms with Gasteiger partial charge in [0.2, 0.25) is 5.88 Å². The standard InChI is InChI=1S/C16H20N2O3/c1-11(12-8-6-5-7-9-12)17-13(19)10-14(20)18(15(17)21)16(2,3)4/h5-11,19H,1-4H3. The minimum absolute atomic E-state index is 0.318. The molecule has 2 aromatic rings. The molecule has 0 aliphatic carbocycles. The van der Waals surface area contributed by atoms with Gasteiger partial charge in [0.1, 0.15) is 0 Å². The van der Waals surface area contributed by atoms with Crippen molar-refractivity contribution in [1.82, 2.24) is 9.13 Å². The van der Waals surface area contributed by atoms with E-state index in [-0.39, 0.29) is 11.9 Å². The predicted molar refractivity (Wildman–Crippen MR) is 81.9 cm³/mol. The Balaban J connectivity index is 2.71. The van der Waals surface area contributed by atoms with Crippen molar-refractivity contribution in [1.29, 1.82) is 0 Å². The van der Waals surface area contributed by atoms with Crippen molar-refractivity contribution in [3.05, 3.63) is 62.8 Å². The van der Waals surface area contributed by atoms with Crippen LogP contribution >= 0.6 is 0 Å². The number of hydrogen-bond acceptors (Lipinski definition) is 3. The van der Waals surface area contributed by atoms with E-state index in [0.29, 0.717) is 0 Å². The van der Waals surface area contributed by atoms with Crippen LogP contribution in [-0.2, 0) is 5.54 Å². The van der Waals surface area contributed by atoms with E-state index in [2.05, 4.69) is 0 Å². The molecule has 0 fully saturated rings. The summed E-state index contributed by atoms with van der Waals surface area (Å²) in [7, 11) is 0. The summed E-state index contributed by atoms with van der Waals surface area (Å²) in [5, 5.41) is 10.0. The second kappa shape index (κ2) is 5.24. The molecule has 0 aliphatic rings. The van der Waals surface area contributed by atoms with Crippen LogP contribution in [0.5, 0.6) is 5.88 Å². The third kappa shape index (κ3) is 2.77. The Kier molecular flexibility index (Phi) is 3.77. The molecular weight excluding hydrogens is 268 g/mol. The number of aromatic nitrogens is 2. The molecule has 0 aliphatic heterocycles. The predicted octanol–water partition coefficient (Wildman–Crippen LogP) is 2.08. The summed E-state index contributed by atoms with van der Waals surface area (Å²) in [6.45, 7) is 7.16. The molecule has 21 heavy (non-hydrogen) atoms. The SMILES string of the molecule is CC(c1ccccc1)n1c(O)cc(=O)n(C(C)(C)C)c1=O. The largest absolute Gasteiger partial charge is 0.494 e. The van der Waals surface area contributed by atoms with E-state index >= 15 is 0 Å². The Bertz CT molecular complexity index is 752. The molecular formula is C16H20N2O3. The first-order chi connectivity index (χ1) is 9.73. The Morgan fingerprint density at radius 1 is 1.10 bits per heavy atom. The molecule has 2 rings (SSSR count). The average Bonchev–Trinajstić information content (AvgIpc) is 2.37. The maximum absolute atomic E-state index is 12.6. The maximum atomic E-state index is 12.6. The van der Waals surface area contributed by atoms with Crippen LogP contribution in [0.4, 0.5) is 0 Å². The van der Waals surface area contributed by atoms with Crippen molar-refractivity contribution in [2.24, 2.45) is 0 Å². The molecule has 5 heteroatoms. The minimum Gasteiger partial charge on any atom is -0.494 e. The molecule has 112 valence electrons. The smallest absolute Gasteiger partial charge is 0.334 e. The van der Waals surface area contributed by atoms with Crippen molar-refractivity contribution in [2.75, 3.05) is 0 Å². The second-order valence-electron chi connectivity index (χ2n) is 6.09. The van der Waals surface area contributed by atoms with Gasteiger partial charge in [-0.2, -0.15) is 0 Å². The normalized spacial score (nSPS) is 13.1. The highest BCUT2D eigenvalue weighted by Crippen LogP contribution is 2.20. The monoisotopic (exact) mass is 288 g/mol. The molecule has 1 atom stereocenters. The quantitative estimate of drug-likeness (QED) is 0.920. The van der Waals surface area contributed by atoms with Gasteiger partial charge in [-0.3, -0.25) is 13.9 Å². The zero-order valence-corrected chi connectivity index (χ0v) is 12.7. The average molecular weight is 288 g/mol. The summed E-state index contributed by atoms with van der Waals surface area (Å²) in [5.41, 5.74) is -0.778. The zero-order chi connectivity index (χ0) is 15.8. The second-order valence-corrected chi connectivity index (χ2v) is 6.09. The van der Waals surface area contributed by atoms with Crippen LogP contribution in [-0.4, -0.2) is 14.2 Å².